The third-order valence-electron chi connectivity index (χ3n) is 5.02. The van der Waals surface area contributed by atoms with Crippen molar-refractivity contribution in [3.05, 3.63) is 54.4 Å². The second kappa shape index (κ2) is 9.30. The van der Waals surface area contributed by atoms with Crippen LogP contribution < -0.4 is 5.32 Å². The molecule has 3 rings (SSSR count). The first kappa shape index (κ1) is 20.5. The molecule has 2 heterocycles. The minimum atomic E-state index is -3.63. The zero-order valence-electron chi connectivity index (χ0n) is 16.2. The van der Waals surface area contributed by atoms with Crippen molar-refractivity contribution < 1.29 is 13.2 Å². The van der Waals surface area contributed by atoms with E-state index in [1.807, 2.05) is 19.1 Å². The molecule has 7 heteroatoms. The summed E-state index contributed by atoms with van der Waals surface area (Å²) < 4.78 is 28.1. The van der Waals surface area contributed by atoms with E-state index >= 15 is 0 Å². The molecule has 1 fully saturated rings. The van der Waals surface area contributed by atoms with Gasteiger partial charge in [0, 0.05) is 31.0 Å². The largest absolute Gasteiger partial charge is 0.326 e. The lowest BCUT2D eigenvalue weighted by atomic mass is 9.99. The van der Waals surface area contributed by atoms with Crippen LogP contribution in [0.1, 0.15) is 57.1 Å². The van der Waals surface area contributed by atoms with Crippen LogP contribution in [0.2, 0.25) is 0 Å². The molecule has 0 bridgehead atoms. The van der Waals surface area contributed by atoms with E-state index in [1.165, 1.54) is 0 Å². The highest BCUT2D eigenvalue weighted by molar-refractivity contribution is 7.89. The zero-order valence-corrected chi connectivity index (χ0v) is 17.0. The molecule has 1 aromatic carbocycles. The van der Waals surface area contributed by atoms with Gasteiger partial charge in [-0.05, 0) is 55.2 Å². The Morgan fingerprint density at radius 3 is 2.68 bits per heavy atom. The van der Waals surface area contributed by atoms with E-state index in [4.69, 9.17) is 0 Å². The maximum Gasteiger partial charge on any atom is 0.243 e. The van der Waals surface area contributed by atoms with Crippen LogP contribution in [0.4, 0.5) is 5.69 Å². The maximum absolute atomic E-state index is 13.3. The number of nitrogens with one attached hydrogen (secondary N) is 1. The number of hydrogen-bond acceptors (Lipinski definition) is 4. The lowest BCUT2D eigenvalue weighted by Gasteiger charge is -2.34. The number of hydrogen-bond donors (Lipinski definition) is 1. The van der Waals surface area contributed by atoms with Crippen molar-refractivity contribution in [2.45, 2.75) is 56.4 Å². The summed E-state index contributed by atoms with van der Waals surface area (Å²) in [6, 6.07) is 10.0. The number of amides is 1. The average molecular weight is 402 g/mol. The molecule has 0 radical (unpaired) electrons. The van der Waals surface area contributed by atoms with Crippen LogP contribution in [0.5, 0.6) is 0 Å². The highest BCUT2D eigenvalue weighted by atomic mass is 32.2. The van der Waals surface area contributed by atoms with Crippen molar-refractivity contribution >= 4 is 21.6 Å². The molecule has 0 unspecified atom stereocenters. The van der Waals surface area contributed by atoms with Crippen molar-refractivity contribution in [3.63, 3.8) is 0 Å². The van der Waals surface area contributed by atoms with Crippen LogP contribution in [0, 0.1) is 0 Å². The molecule has 1 aliphatic rings. The van der Waals surface area contributed by atoms with Gasteiger partial charge in [0.05, 0.1) is 10.9 Å². The van der Waals surface area contributed by atoms with Crippen LogP contribution >= 0.6 is 0 Å². The summed E-state index contributed by atoms with van der Waals surface area (Å²) in [6.07, 6.45) is 8.33. The van der Waals surface area contributed by atoms with E-state index in [-0.39, 0.29) is 16.8 Å². The topological polar surface area (TPSA) is 79.4 Å². The minimum Gasteiger partial charge on any atom is -0.326 e. The number of sulfonamides is 1. The zero-order chi connectivity index (χ0) is 20.0. The summed E-state index contributed by atoms with van der Waals surface area (Å²) in [5.41, 5.74) is 1.54. The molecule has 1 N–H and O–H groups in total. The molecule has 0 aliphatic carbocycles. The van der Waals surface area contributed by atoms with Gasteiger partial charge in [0.2, 0.25) is 15.9 Å². The van der Waals surface area contributed by atoms with Crippen molar-refractivity contribution in [1.82, 2.24) is 9.29 Å². The van der Waals surface area contributed by atoms with Gasteiger partial charge in [0.15, 0.2) is 0 Å². The fourth-order valence-electron chi connectivity index (χ4n) is 3.51. The standard InChI is InChI=1S/C21H27N3O3S/c1-2-3-9-21(25)23-18-10-12-19(13-11-18)28(26,27)24-15-5-4-8-20(24)17-7-6-14-22-16-17/h6-7,10-14,16,20H,2-5,8-9,15H2,1H3,(H,23,25)/t20-/m1/s1. The Kier molecular flexibility index (Phi) is 6.80. The van der Waals surface area contributed by atoms with E-state index in [1.54, 1.807) is 41.0 Å². The Labute approximate surface area is 167 Å². The summed E-state index contributed by atoms with van der Waals surface area (Å²) in [5.74, 6) is -0.0508. The number of benzene rings is 1. The van der Waals surface area contributed by atoms with Gasteiger partial charge in [-0.1, -0.05) is 25.8 Å². The predicted octanol–water partition coefficient (Wildman–Crippen LogP) is 4.13. The second-order valence-electron chi connectivity index (χ2n) is 7.09. The summed E-state index contributed by atoms with van der Waals surface area (Å²) in [6.45, 7) is 2.53. The van der Waals surface area contributed by atoms with Crippen molar-refractivity contribution in [3.8, 4) is 0 Å². The molecule has 2 aromatic rings. The quantitative estimate of drug-likeness (QED) is 0.757. The Hall–Kier alpha value is -2.25. The van der Waals surface area contributed by atoms with Gasteiger partial charge in [-0.15, -0.1) is 0 Å². The van der Waals surface area contributed by atoms with Gasteiger partial charge < -0.3 is 5.32 Å². The highest BCUT2D eigenvalue weighted by Crippen LogP contribution is 2.35. The van der Waals surface area contributed by atoms with Crippen LogP contribution in [-0.2, 0) is 14.8 Å². The molecule has 150 valence electrons. The normalized spacial score (nSPS) is 18.0. The molecular weight excluding hydrogens is 374 g/mol. The van der Waals surface area contributed by atoms with Crippen LogP contribution in [-0.4, -0.2) is 30.2 Å². The van der Waals surface area contributed by atoms with Crippen LogP contribution in [0.25, 0.3) is 0 Å². The molecule has 6 nitrogen and oxygen atoms in total. The second-order valence-corrected chi connectivity index (χ2v) is 8.98. The fourth-order valence-corrected chi connectivity index (χ4v) is 5.19. The fraction of sp³-hybridized carbons (Fsp3) is 0.429. The lowest BCUT2D eigenvalue weighted by Crippen LogP contribution is -2.38. The van der Waals surface area contributed by atoms with E-state index in [0.717, 1.165) is 37.7 Å². The summed E-state index contributed by atoms with van der Waals surface area (Å²) in [4.78, 5) is 16.2. The smallest absolute Gasteiger partial charge is 0.243 e. The van der Waals surface area contributed by atoms with Gasteiger partial charge in [-0.25, -0.2) is 8.42 Å². The van der Waals surface area contributed by atoms with E-state index < -0.39 is 10.0 Å². The lowest BCUT2D eigenvalue weighted by molar-refractivity contribution is -0.116. The number of pyridine rings is 1. The monoisotopic (exact) mass is 401 g/mol. The molecular formula is C21H27N3O3S. The number of rotatable bonds is 7. The Morgan fingerprint density at radius 1 is 1.21 bits per heavy atom. The summed E-state index contributed by atoms with van der Waals surface area (Å²) in [7, 11) is -3.63. The average Bonchev–Trinajstić information content (AvgIpc) is 2.73. The first-order chi connectivity index (χ1) is 13.5. The summed E-state index contributed by atoms with van der Waals surface area (Å²) in [5, 5.41) is 2.81. The number of aromatic nitrogens is 1. The number of carbonyl (C=O) groups is 1. The molecule has 1 aliphatic heterocycles. The number of nitrogens with zero attached hydrogens (tertiary/aromatic N) is 2. The minimum absolute atomic E-state index is 0.0508. The van der Waals surface area contributed by atoms with Gasteiger partial charge in [-0.3, -0.25) is 9.78 Å². The summed E-state index contributed by atoms with van der Waals surface area (Å²) >= 11 is 0. The van der Waals surface area contributed by atoms with Crippen LogP contribution in [0.15, 0.2) is 53.7 Å². The van der Waals surface area contributed by atoms with E-state index in [0.29, 0.717) is 18.7 Å². The van der Waals surface area contributed by atoms with E-state index in [2.05, 4.69) is 10.3 Å². The molecule has 0 spiro atoms. The number of piperidine rings is 1. The first-order valence-electron chi connectivity index (χ1n) is 9.84. The van der Waals surface area contributed by atoms with Crippen molar-refractivity contribution in [1.29, 1.82) is 0 Å². The Bertz CT molecular complexity index is 883. The highest BCUT2D eigenvalue weighted by Gasteiger charge is 2.34. The maximum atomic E-state index is 13.3. The molecule has 28 heavy (non-hydrogen) atoms. The molecule has 1 amide bonds. The number of anilines is 1. The van der Waals surface area contributed by atoms with Crippen LogP contribution in [0.3, 0.4) is 0 Å². The predicted molar refractivity (Wildman–Crippen MR) is 109 cm³/mol. The third-order valence-corrected chi connectivity index (χ3v) is 6.95. The first-order valence-corrected chi connectivity index (χ1v) is 11.3. The molecule has 0 saturated carbocycles. The molecule has 1 aromatic heterocycles. The van der Waals surface area contributed by atoms with Crippen molar-refractivity contribution in [2.24, 2.45) is 0 Å². The molecule has 1 atom stereocenters. The van der Waals surface area contributed by atoms with Gasteiger partial charge >= 0.3 is 0 Å². The Morgan fingerprint density at radius 2 is 2.00 bits per heavy atom. The third kappa shape index (κ3) is 4.77. The van der Waals surface area contributed by atoms with Gasteiger partial charge in [0.25, 0.3) is 0 Å². The Balaban J connectivity index is 1.78. The number of unbranched alkanes of at least 4 members (excludes halogenated alkanes) is 1. The number of carbonyl (C=O) groups excluding carboxylic acids is 1. The van der Waals surface area contributed by atoms with E-state index in [9.17, 15) is 13.2 Å². The van der Waals surface area contributed by atoms with Gasteiger partial charge in [0.1, 0.15) is 0 Å². The van der Waals surface area contributed by atoms with Gasteiger partial charge in [-0.2, -0.15) is 4.31 Å². The molecule has 1 saturated heterocycles. The SMILES string of the molecule is CCCCC(=O)Nc1ccc(S(=O)(=O)N2CCCC[C@@H]2c2cccnc2)cc1. The van der Waals surface area contributed by atoms with Crippen molar-refractivity contribution in [2.75, 3.05) is 11.9 Å².